The Kier molecular flexibility index (Phi) is 5.72. The van der Waals surface area contributed by atoms with E-state index in [4.69, 9.17) is 0 Å². The Morgan fingerprint density at radius 2 is 1.90 bits per heavy atom. The number of unbranched alkanes of at least 4 members (excludes halogenated alkanes) is 3. The van der Waals surface area contributed by atoms with Gasteiger partial charge in [-0.3, -0.25) is 0 Å². The number of halogens is 1. The van der Waals surface area contributed by atoms with Gasteiger partial charge in [0.25, 0.3) is 0 Å². The summed E-state index contributed by atoms with van der Waals surface area (Å²) < 4.78 is 0. The van der Waals surface area contributed by atoms with Crippen molar-refractivity contribution < 1.29 is 5.11 Å². The van der Waals surface area contributed by atoms with Crippen LogP contribution < -0.4 is 0 Å². The summed E-state index contributed by atoms with van der Waals surface area (Å²) in [4.78, 5) is 3.33. The number of benzene rings is 1. The number of nitrogens with one attached hydrogen (secondary N) is 1. The third-order valence-corrected chi connectivity index (χ3v) is 4.16. The van der Waals surface area contributed by atoms with Gasteiger partial charge >= 0.3 is 0 Å². The van der Waals surface area contributed by atoms with E-state index in [0.29, 0.717) is 5.75 Å². The molecule has 0 fully saturated rings. The van der Waals surface area contributed by atoms with Crippen molar-refractivity contribution in [1.82, 2.24) is 4.98 Å². The zero-order valence-corrected chi connectivity index (χ0v) is 13.5. The summed E-state index contributed by atoms with van der Waals surface area (Å²) in [5.74, 6) is 0.354. The first kappa shape index (κ1) is 15.2. The van der Waals surface area contributed by atoms with Crippen LogP contribution in [0.2, 0.25) is 0 Å². The standard InChI is InChI=1S/C17H22BrNO/c1-13-10-15(7-8-17(13)20)16-11-14(12-19-16)6-4-2-3-5-9-18/h7-8,10-12,19-20H,2-6,9H2,1H3. The van der Waals surface area contributed by atoms with Gasteiger partial charge in [0.15, 0.2) is 0 Å². The number of hydrogen-bond acceptors (Lipinski definition) is 1. The number of aromatic hydroxyl groups is 1. The molecule has 0 amide bonds. The number of rotatable bonds is 7. The lowest BCUT2D eigenvalue weighted by Crippen LogP contribution is -1.84. The number of H-pyrrole nitrogens is 1. The van der Waals surface area contributed by atoms with E-state index in [1.807, 2.05) is 19.1 Å². The van der Waals surface area contributed by atoms with Gasteiger partial charge in [-0.1, -0.05) is 28.8 Å². The molecule has 0 aliphatic carbocycles. The number of aromatic amines is 1. The monoisotopic (exact) mass is 335 g/mol. The fourth-order valence-electron chi connectivity index (χ4n) is 2.35. The summed E-state index contributed by atoms with van der Waals surface area (Å²) in [6.45, 7) is 1.92. The summed E-state index contributed by atoms with van der Waals surface area (Å²) in [5, 5.41) is 10.7. The fraction of sp³-hybridized carbons (Fsp3) is 0.412. The second-order valence-corrected chi connectivity index (χ2v) is 6.07. The minimum Gasteiger partial charge on any atom is -0.508 e. The molecule has 0 saturated heterocycles. The predicted molar refractivity (Wildman–Crippen MR) is 88.6 cm³/mol. The second kappa shape index (κ2) is 7.53. The van der Waals surface area contributed by atoms with Crippen molar-refractivity contribution in [3.63, 3.8) is 0 Å². The minimum absolute atomic E-state index is 0.354. The number of aromatic nitrogens is 1. The van der Waals surface area contributed by atoms with E-state index in [9.17, 15) is 5.11 Å². The molecule has 0 radical (unpaired) electrons. The quantitative estimate of drug-likeness (QED) is 0.529. The molecule has 0 bridgehead atoms. The maximum atomic E-state index is 9.57. The van der Waals surface area contributed by atoms with Crippen LogP contribution in [0, 0.1) is 6.92 Å². The van der Waals surface area contributed by atoms with Gasteiger partial charge in [-0.15, -0.1) is 0 Å². The van der Waals surface area contributed by atoms with E-state index in [0.717, 1.165) is 28.6 Å². The molecule has 3 heteroatoms. The van der Waals surface area contributed by atoms with Crippen LogP contribution in [0.4, 0.5) is 0 Å². The van der Waals surface area contributed by atoms with Gasteiger partial charge in [-0.2, -0.15) is 0 Å². The summed E-state index contributed by atoms with van der Waals surface area (Å²) in [6.07, 6.45) is 8.35. The molecule has 108 valence electrons. The van der Waals surface area contributed by atoms with Crippen LogP contribution in [0.3, 0.4) is 0 Å². The Morgan fingerprint density at radius 3 is 2.65 bits per heavy atom. The first-order valence-electron chi connectivity index (χ1n) is 7.24. The predicted octanol–water partition coefficient (Wildman–Crippen LogP) is 5.19. The molecule has 2 N–H and O–H groups in total. The molecule has 20 heavy (non-hydrogen) atoms. The lowest BCUT2D eigenvalue weighted by molar-refractivity contribution is 0.471. The van der Waals surface area contributed by atoms with Gasteiger partial charge in [0.05, 0.1) is 0 Å². The molecule has 1 aromatic carbocycles. The molecule has 0 aliphatic rings. The van der Waals surface area contributed by atoms with Crippen molar-refractivity contribution in [2.24, 2.45) is 0 Å². The minimum atomic E-state index is 0.354. The first-order chi connectivity index (χ1) is 9.70. The lowest BCUT2D eigenvalue weighted by Gasteiger charge is -2.02. The van der Waals surface area contributed by atoms with E-state index in [1.165, 1.54) is 31.2 Å². The van der Waals surface area contributed by atoms with E-state index in [-0.39, 0.29) is 0 Å². The van der Waals surface area contributed by atoms with Gasteiger partial charge in [0, 0.05) is 17.2 Å². The summed E-state index contributed by atoms with van der Waals surface area (Å²) in [7, 11) is 0. The molecule has 0 aliphatic heterocycles. The zero-order valence-electron chi connectivity index (χ0n) is 12.0. The number of phenolic OH excluding ortho intramolecular Hbond substituents is 1. The molecule has 0 unspecified atom stereocenters. The van der Waals surface area contributed by atoms with Crippen LogP contribution in [0.5, 0.6) is 5.75 Å². The second-order valence-electron chi connectivity index (χ2n) is 5.28. The first-order valence-corrected chi connectivity index (χ1v) is 8.36. The Bertz CT molecular complexity index is 548. The number of alkyl halides is 1. The molecular weight excluding hydrogens is 314 g/mol. The number of phenols is 1. The highest BCUT2D eigenvalue weighted by Crippen LogP contribution is 2.25. The molecular formula is C17H22BrNO. The molecule has 2 rings (SSSR count). The Morgan fingerprint density at radius 1 is 1.10 bits per heavy atom. The summed E-state index contributed by atoms with van der Waals surface area (Å²) in [6, 6.07) is 7.94. The van der Waals surface area contributed by atoms with Gasteiger partial charge in [0.2, 0.25) is 0 Å². The number of hydrogen-bond donors (Lipinski definition) is 2. The van der Waals surface area contributed by atoms with Crippen LogP contribution in [-0.4, -0.2) is 15.4 Å². The smallest absolute Gasteiger partial charge is 0.118 e. The fourth-order valence-corrected chi connectivity index (χ4v) is 2.75. The highest BCUT2D eigenvalue weighted by Gasteiger charge is 2.04. The largest absolute Gasteiger partial charge is 0.508 e. The molecule has 1 heterocycles. The SMILES string of the molecule is Cc1cc(-c2cc(CCCCCCBr)c[nH]2)ccc1O. The summed E-state index contributed by atoms with van der Waals surface area (Å²) in [5.41, 5.74) is 4.53. The molecule has 0 saturated carbocycles. The average molecular weight is 336 g/mol. The van der Waals surface area contributed by atoms with Gasteiger partial charge in [-0.25, -0.2) is 0 Å². The van der Waals surface area contributed by atoms with E-state index in [2.05, 4.69) is 33.2 Å². The maximum absolute atomic E-state index is 9.57. The van der Waals surface area contributed by atoms with Crippen LogP contribution in [0.25, 0.3) is 11.3 Å². The molecule has 1 aromatic heterocycles. The summed E-state index contributed by atoms with van der Waals surface area (Å²) >= 11 is 3.46. The normalized spacial score (nSPS) is 10.9. The molecule has 2 nitrogen and oxygen atoms in total. The van der Waals surface area contributed by atoms with Crippen molar-refractivity contribution in [2.45, 2.75) is 39.0 Å². The van der Waals surface area contributed by atoms with E-state index in [1.54, 1.807) is 6.07 Å². The third-order valence-electron chi connectivity index (χ3n) is 3.60. The van der Waals surface area contributed by atoms with Crippen LogP contribution in [0.1, 0.15) is 36.8 Å². The van der Waals surface area contributed by atoms with Crippen molar-refractivity contribution >= 4 is 15.9 Å². The van der Waals surface area contributed by atoms with Gasteiger partial charge in [-0.05, 0) is 67.1 Å². The maximum Gasteiger partial charge on any atom is 0.118 e. The van der Waals surface area contributed by atoms with Crippen molar-refractivity contribution in [1.29, 1.82) is 0 Å². The zero-order chi connectivity index (χ0) is 14.4. The lowest BCUT2D eigenvalue weighted by atomic mass is 10.1. The molecule has 0 spiro atoms. The van der Waals surface area contributed by atoms with Crippen LogP contribution in [-0.2, 0) is 6.42 Å². The van der Waals surface area contributed by atoms with Crippen molar-refractivity contribution in [2.75, 3.05) is 5.33 Å². The highest BCUT2D eigenvalue weighted by molar-refractivity contribution is 9.09. The third kappa shape index (κ3) is 4.14. The highest BCUT2D eigenvalue weighted by atomic mass is 79.9. The van der Waals surface area contributed by atoms with Crippen molar-refractivity contribution in [3.05, 3.63) is 41.6 Å². The topological polar surface area (TPSA) is 36.0 Å². The van der Waals surface area contributed by atoms with Crippen LogP contribution in [0.15, 0.2) is 30.5 Å². The van der Waals surface area contributed by atoms with Gasteiger partial charge < -0.3 is 10.1 Å². The van der Waals surface area contributed by atoms with Gasteiger partial charge in [0.1, 0.15) is 5.75 Å². The van der Waals surface area contributed by atoms with Crippen molar-refractivity contribution in [3.8, 4) is 17.0 Å². The van der Waals surface area contributed by atoms with E-state index >= 15 is 0 Å². The molecule has 0 atom stereocenters. The van der Waals surface area contributed by atoms with Crippen LogP contribution >= 0.6 is 15.9 Å². The van der Waals surface area contributed by atoms with E-state index < -0.39 is 0 Å². The Balaban J connectivity index is 1.93. The number of aryl methyl sites for hydroxylation is 2. The average Bonchev–Trinajstić information content (AvgIpc) is 2.90. The molecule has 2 aromatic rings. The Hall–Kier alpha value is -1.22. The Labute approximate surface area is 129 Å².